The van der Waals surface area contributed by atoms with Crippen LogP contribution in [0.15, 0.2) is 30.3 Å². The van der Waals surface area contributed by atoms with E-state index in [1.165, 1.54) is 0 Å². The van der Waals surface area contributed by atoms with Gasteiger partial charge in [-0.2, -0.15) is 13.2 Å². The van der Waals surface area contributed by atoms with Crippen molar-refractivity contribution in [3.8, 4) is 0 Å². The maximum Gasteiger partial charge on any atom is 0.495 e. The number of hydrogen-bond donors (Lipinski definition) is 6. The summed E-state index contributed by atoms with van der Waals surface area (Å²) in [5, 5.41) is 9.56. The Bertz CT molecular complexity index is 1160. The van der Waals surface area contributed by atoms with Crippen LogP contribution in [0.2, 0.25) is 0 Å². The number of carbonyl (C=O) groups is 6. The molecule has 1 aromatic rings. The number of urea groups is 1. The van der Waals surface area contributed by atoms with E-state index in [9.17, 15) is 41.9 Å². The molecule has 0 fully saturated rings. The van der Waals surface area contributed by atoms with Gasteiger partial charge < -0.3 is 37.5 Å². The second-order valence-corrected chi connectivity index (χ2v) is 10.4. The first-order valence-electron chi connectivity index (χ1n) is 14.5. The number of rotatable bonds is 18. The van der Waals surface area contributed by atoms with Crippen LogP contribution in [-0.4, -0.2) is 73.3 Å². The summed E-state index contributed by atoms with van der Waals surface area (Å²) in [6, 6.07) is 3.95. The van der Waals surface area contributed by atoms with Gasteiger partial charge in [-0.15, -0.1) is 0 Å². The van der Waals surface area contributed by atoms with Gasteiger partial charge in [0.2, 0.25) is 11.8 Å². The van der Waals surface area contributed by atoms with E-state index in [1.54, 1.807) is 38.1 Å². The van der Waals surface area contributed by atoms with Crippen molar-refractivity contribution < 1.29 is 56.5 Å². The Morgan fingerprint density at radius 1 is 0.848 bits per heavy atom. The van der Waals surface area contributed by atoms with E-state index in [1.807, 2.05) is 6.07 Å². The summed E-state index contributed by atoms with van der Waals surface area (Å²) >= 11 is 0. The number of nitrogens with two attached hydrogens (primary N) is 2. The molecule has 258 valence electrons. The molecular formula is C28H41F3N6O9. The van der Waals surface area contributed by atoms with Crippen LogP contribution in [0.5, 0.6) is 0 Å². The molecule has 1 rings (SSSR count). The number of alkyl carbamates (subject to hydrolysis) is 1. The molecule has 3 atom stereocenters. The van der Waals surface area contributed by atoms with Crippen molar-refractivity contribution in [1.82, 2.24) is 21.3 Å². The van der Waals surface area contributed by atoms with Crippen LogP contribution in [0.25, 0.3) is 0 Å². The highest BCUT2D eigenvalue weighted by atomic mass is 19.4. The largest absolute Gasteiger partial charge is 0.495 e. The third kappa shape index (κ3) is 15.9. The van der Waals surface area contributed by atoms with E-state index in [4.69, 9.17) is 16.2 Å². The monoisotopic (exact) mass is 662 g/mol. The minimum atomic E-state index is -5.43. The Morgan fingerprint density at radius 3 is 2.04 bits per heavy atom. The standard InChI is InChI=1S/C28H41F3N6O9/c1-17(2)21(22(33)38)37-23(39)19(12-7-9-15-34-27(43)44-16-18-10-4-3-5-11-18)35-26(42)36-20(13-6-8-14-32)24(40)45-46-25(41)28(29,30)31/h3-5,10-11,17,19-21H,6-9,12-16,32H2,1-2H3,(H2,33,38)(H,34,43)(H,37,39)(H2,35,36,42)/t19-,20+,21+/m1/s1. The maximum atomic E-state index is 13.1. The highest BCUT2D eigenvalue weighted by Crippen LogP contribution is 2.17. The smallest absolute Gasteiger partial charge is 0.445 e. The van der Waals surface area contributed by atoms with Crippen molar-refractivity contribution in [3.63, 3.8) is 0 Å². The highest BCUT2D eigenvalue weighted by Gasteiger charge is 2.43. The van der Waals surface area contributed by atoms with Crippen LogP contribution in [0.4, 0.5) is 22.8 Å². The Morgan fingerprint density at radius 2 is 1.46 bits per heavy atom. The van der Waals surface area contributed by atoms with Crippen LogP contribution >= 0.6 is 0 Å². The second kappa shape index (κ2) is 20.4. The van der Waals surface area contributed by atoms with E-state index >= 15 is 0 Å². The molecule has 0 radical (unpaired) electrons. The van der Waals surface area contributed by atoms with E-state index in [0.29, 0.717) is 12.8 Å². The Labute approximate surface area is 263 Å². The molecule has 0 heterocycles. The first kappa shape index (κ1) is 39.4. The predicted molar refractivity (Wildman–Crippen MR) is 155 cm³/mol. The first-order chi connectivity index (χ1) is 21.6. The second-order valence-electron chi connectivity index (χ2n) is 10.4. The van der Waals surface area contributed by atoms with Crippen molar-refractivity contribution in [1.29, 1.82) is 0 Å². The number of halogens is 3. The lowest BCUT2D eigenvalue weighted by Crippen LogP contribution is -2.57. The summed E-state index contributed by atoms with van der Waals surface area (Å²) in [6.07, 6.45) is -5.04. The minimum Gasteiger partial charge on any atom is -0.445 e. The summed E-state index contributed by atoms with van der Waals surface area (Å²) in [7, 11) is 0. The van der Waals surface area contributed by atoms with Gasteiger partial charge in [0.1, 0.15) is 24.7 Å². The van der Waals surface area contributed by atoms with Gasteiger partial charge in [-0.05, 0) is 56.6 Å². The number of primary amides is 1. The Kier molecular flexibility index (Phi) is 17.5. The van der Waals surface area contributed by atoms with Crippen LogP contribution in [-0.2, 0) is 40.3 Å². The zero-order valence-electron chi connectivity index (χ0n) is 25.5. The highest BCUT2D eigenvalue weighted by molar-refractivity contribution is 5.92. The number of unbranched alkanes of at least 4 members (excludes halogenated alkanes) is 2. The SMILES string of the molecule is CC(C)[C@H](NC(=O)[C@@H](CCCCNC(=O)OCc1ccccc1)NC(=O)N[C@@H](CCCCN)C(=O)OOC(=O)C(F)(F)F)C(N)=O. The third-order valence-electron chi connectivity index (χ3n) is 6.26. The number of ether oxygens (including phenoxy) is 1. The fraction of sp³-hybridized carbons (Fsp3) is 0.571. The van der Waals surface area contributed by atoms with Crippen LogP contribution in [0.1, 0.15) is 57.9 Å². The number of amides is 5. The van der Waals surface area contributed by atoms with Crippen molar-refractivity contribution in [2.45, 2.75) is 83.3 Å². The van der Waals surface area contributed by atoms with Crippen molar-refractivity contribution >= 4 is 35.9 Å². The van der Waals surface area contributed by atoms with Gasteiger partial charge >= 0.3 is 30.2 Å². The predicted octanol–water partition coefficient (Wildman–Crippen LogP) is 1.44. The van der Waals surface area contributed by atoms with Crippen LogP contribution < -0.4 is 32.7 Å². The van der Waals surface area contributed by atoms with Gasteiger partial charge in [-0.25, -0.2) is 29.0 Å². The molecule has 0 aliphatic rings. The van der Waals surface area contributed by atoms with Gasteiger partial charge in [0.05, 0.1) is 0 Å². The Balaban J connectivity index is 2.84. The molecule has 0 saturated heterocycles. The van der Waals surface area contributed by atoms with Crippen molar-refractivity contribution in [2.24, 2.45) is 17.4 Å². The molecule has 0 saturated carbocycles. The average molecular weight is 663 g/mol. The number of hydrogen-bond acceptors (Lipinski definition) is 10. The first-order valence-corrected chi connectivity index (χ1v) is 14.5. The average Bonchev–Trinajstić information content (AvgIpc) is 2.99. The molecule has 15 nitrogen and oxygen atoms in total. The summed E-state index contributed by atoms with van der Waals surface area (Å²) in [5.74, 6) is -6.30. The summed E-state index contributed by atoms with van der Waals surface area (Å²) < 4.78 is 42.3. The minimum absolute atomic E-state index is 0.00491. The third-order valence-corrected chi connectivity index (χ3v) is 6.26. The lowest BCUT2D eigenvalue weighted by Gasteiger charge is -2.25. The molecular weight excluding hydrogens is 621 g/mol. The number of nitrogens with one attached hydrogen (secondary N) is 4. The van der Waals surface area contributed by atoms with Crippen LogP contribution in [0.3, 0.4) is 0 Å². The number of carbonyl (C=O) groups excluding carboxylic acids is 6. The van der Waals surface area contributed by atoms with Crippen molar-refractivity contribution in [3.05, 3.63) is 35.9 Å². The van der Waals surface area contributed by atoms with Gasteiger partial charge in [0.15, 0.2) is 0 Å². The summed E-state index contributed by atoms with van der Waals surface area (Å²) in [6.45, 7) is 3.70. The van der Waals surface area contributed by atoms with Crippen LogP contribution in [0, 0.1) is 5.92 Å². The lowest BCUT2D eigenvalue weighted by molar-refractivity contribution is -0.286. The molecule has 1 aromatic carbocycles. The molecule has 5 amide bonds. The van der Waals surface area contributed by atoms with Gasteiger partial charge in [0.25, 0.3) is 0 Å². The quantitative estimate of drug-likeness (QED) is 0.0752. The molecule has 0 aliphatic carbocycles. The molecule has 46 heavy (non-hydrogen) atoms. The molecule has 0 aromatic heterocycles. The lowest BCUT2D eigenvalue weighted by atomic mass is 10.0. The van der Waals surface area contributed by atoms with Crippen molar-refractivity contribution in [2.75, 3.05) is 13.1 Å². The van der Waals surface area contributed by atoms with Gasteiger partial charge in [0, 0.05) is 6.54 Å². The Hall–Kier alpha value is -4.61. The summed E-state index contributed by atoms with van der Waals surface area (Å²) in [5.41, 5.74) is 11.6. The van der Waals surface area contributed by atoms with Gasteiger partial charge in [-0.1, -0.05) is 44.2 Å². The van der Waals surface area contributed by atoms with E-state index in [-0.39, 0.29) is 45.4 Å². The fourth-order valence-electron chi connectivity index (χ4n) is 3.81. The number of alkyl halides is 3. The zero-order valence-corrected chi connectivity index (χ0v) is 25.5. The zero-order chi connectivity index (χ0) is 34.7. The topological polar surface area (TPSA) is 230 Å². The van der Waals surface area contributed by atoms with Gasteiger partial charge in [-0.3, -0.25) is 9.59 Å². The fourth-order valence-corrected chi connectivity index (χ4v) is 3.81. The van der Waals surface area contributed by atoms with E-state index < -0.39 is 66.1 Å². The maximum absolute atomic E-state index is 13.1. The van der Waals surface area contributed by atoms with E-state index in [0.717, 1.165) is 5.56 Å². The molecule has 8 N–H and O–H groups in total. The molecule has 18 heteroatoms. The van der Waals surface area contributed by atoms with E-state index in [2.05, 4.69) is 31.0 Å². The molecule has 0 aliphatic heterocycles. The summed E-state index contributed by atoms with van der Waals surface area (Å²) in [4.78, 5) is 80.4. The normalized spacial score (nSPS) is 13.0. The molecule has 0 bridgehead atoms. The molecule has 0 spiro atoms. The number of benzene rings is 1. The molecule has 0 unspecified atom stereocenters.